The highest BCUT2D eigenvalue weighted by atomic mass is 35.5. The summed E-state index contributed by atoms with van der Waals surface area (Å²) in [5, 5.41) is 8.47. The molecule has 5 nitrogen and oxygen atoms in total. The van der Waals surface area contributed by atoms with Crippen LogP contribution in [-0.4, -0.2) is 55.1 Å². The van der Waals surface area contributed by atoms with Crippen molar-refractivity contribution in [2.24, 2.45) is 5.92 Å². The van der Waals surface area contributed by atoms with Gasteiger partial charge in [-0.05, 0) is 34.0 Å². The maximum Gasteiger partial charge on any atom is 0.0835 e. The summed E-state index contributed by atoms with van der Waals surface area (Å²) >= 11 is 6.39. The summed E-state index contributed by atoms with van der Waals surface area (Å²) in [6.45, 7) is 8.77. The van der Waals surface area contributed by atoms with Crippen LogP contribution in [0.1, 0.15) is 32.5 Å². The van der Waals surface area contributed by atoms with E-state index in [0.717, 1.165) is 18.8 Å². The summed E-state index contributed by atoms with van der Waals surface area (Å²) in [6.07, 6.45) is 1.78. The molecular weight excluding hydrogens is 288 g/mol. The molecule has 1 aromatic rings. The molecule has 1 rings (SSSR count). The van der Waals surface area contributed by atoms with Gasteiger partial charge in [0.15, 0.2) is 0 Å². The van der Waals surface area contributed by atoms with Gasteiger partial charge in [0.25, 0.3) is 0 Å². The molecule has 2 unspecified atom stereocenters. The summed E-state index contributed by atoms with van der Waals surface area (Å²) in [4.78, 5) is 2.14. The van der Waals surface area contributed by atoms with E-state index < -0.39 is 0 Å². The highest BCUT2D eigenvalue weighted by molar-refractivity contribution is 6.31. The third kappa shape index (κ3) is 4.95. The van der Waals surface area contributed by atoms with E-state index in [1.807, 2.05) is 18.7 Å². The van der Waals surface area contributed by atoms with Gasteiger partial charge in [-0.15, -0.1) is 0 Å². The molecule has 1 aromatic heterocycles. The zero-order valence-electron chi connectivity index (χ0n) is 14.1. The second-order valence-corrected chi connectivity index (χ2v) is 6.24. The van der Waals surface area contributed by atoms with Gasteiger partial charge in [-0.2, -0.15) is 5.10 Å². The summed E-state index contributed by atoms with van der Waals surface area (Å²) in [6, 6.07) is 0.0297. The molecule has 0 aliphatic carbocycles. The average Bonchev–Trinajstić information content (AvgIpc) is 2.78. The normalized spacial score (nSPS) is 14.9. The molecule has 122 valence electrons. The van der Waals surface area contributed by atoms with Gasteiger partial charge >= 0.3 is 0 Å². The Balaban J connectivity index is 3.05. The van der Waals surface area contributed by atoms with Crippen molar-refractivity contribution in [1.29, 1.82) is 0 Å². The van der Waals surface area contributed by atoms with Crippen molar-refractivity contribution in [3.63, 3.8) is 0 Å². The fraction of sp³-hybridized carbons (Fsp3) is 0.800. The summed E-state index contributed by atoms with van der Waals surface area (Å²) in [5.74, 6) is 0.385. The smallest absolute Gasteiger partial charge is 0.0835 e. The maximum absolute atomic E-state index is 6.39. The Labute approximate surface area is 133 Å². The molecule has 2 atom stereocenters. The van der Waals surface area contributed by atoms with Crippen LogP contribution in [0.25, 0.3) is 0 Å². The quantitative estimate of drug-likeness (QED) is 0.760. The molecule has 6 heteroatoms. The first-order valence-corrected chi connectivity index (χ1v) is 7.94. The lowest BCUT2D eigenvalue weighted by Gasteiger charge is -2.30. The molecule has 0 aromatic carbocycles. The Bertz CT molecular complexity index is 420. The van der Waals surface area contributed by atoms with Crippen LogP contribution in [0.2, 0.25) is 5.02 Å². The molecular formula is C15H29ClN4O. The Kier molecular flexibility index (Phi) is 7.66. The minimum atomic E-state index is 0.0297. The first-order valence-electron chi connectivity index (χ1n) is 7.57. The molecule has 0 radical (unpaired) electrons. The Morgan fingerprint density at radius 2 is 2.10 bits per heavy atom. The van der Waals surface area contributed by atoms with Gasteiger partial charge < -0.3 is 15.0 Å². The van der Waals surface area contributed by atoms with Gasteiger partial charge in [-0.25, -0.2) is 0 Å². The fourth-order valence-electron chi connectivity index (χ4n) is 2.48. The second-order valence-electron chi connectivity index (χ2n) is 5.83. The van der Waals surface area contributed by atoms with Crippen molar-refractivity contribution < 1.29 is 4.74 Å². The van der Waals surface area contributed by atoms with Gasteiger partial charge in [0.1, 0.15) is 0 Å². The van der Waals surface area contributed by atoms with E-state index in [1.165, 1.54) is 0 Å². The predicted octanol–water partition coefficient (Wildman–Crippen LogP) is 2.42. The van der Waals surface area contributed by atoms with E-state index in [-0.39, 0.29) is 12.1 Å². The maximum atomic E-state index is 6.39. The molecule has 0 fully saturated rings. The number of ether oxygens (including phenoxy) is 1. The van der Waals surface area contributed by atoms with Gasteiger partial charge in [0, 0.05) is 13.2 Å². The summed E-state index contributed by atoms with van der Waals surface area (Å²) < 4.78 is 7.93. The van der Waals surface area contributed by atoms with Gasteiger partial charge in [-0.3, -0.25) is 4.68 Å². The Hall–Kier alpha value is -0.620. The van der Waals surface area contributed by atoms with Crippen molar-refractivity contribution >= 4 is 11.6 Å². The number of nitrogens with one attached hydrogen (secondary N) is 1. The lowest BCUT2D eigenvalue weighted by Crippen LogP contribution is -2.37. The van der Waals surface area contributed by atoms with E-state index in [1.54, 1.807) is 6.20 Å². The summed E-state index contributed by atoms with van der Waals surface area (Å²) in [7, 11) is 6.05. The van der Waals surface area contributed by atoms with Crippen LogP contribution in [0.4, 0.5) is 0 Å². The van der Waals surface area contributed by atoms with E-state index >= 15 is 0 Å². The standard InChI is InChI=1S/C15H29ClN4O/c1-7-21-15(11(2)3)13(17-4)14-12(16)10-18-20(14)9-8-19(5)6/h10-11,13,15,17H,7-9H2,1-6H3. The number of hydrogen-bond donors (Lipinski definition) is 1. The van der Waals surface area contributed by atoms with Crippen LogP contribution in [0, 0.1) is 5.92 Å². The van der Waals surface area contributed by atoms with Crippen LogP contribution in [-0.2, 0) is 11.3 Å². The third-order valence-electron chi connectivity index (χ3n) is 3.54. The number of nitrogens with zero attached hydrogens (tertiary/aromatic N) is 3. The minimum absolute atomic E-state index is 0.0297. The van der Waals surface area contributed by atoms with E-state index in [9.17, 15) is 0 Å². The first-order chi connectivity index (χ1) is 9.92. The number of halogens is 1. The number of aromatic nitrogens is 2. The van der Waals surface area contributed by atoms with Crippen molar-refractivity contribution in [2.75, 3.05) is 34.3 Å². The van der Waals surface area contributed by atoms with Crippen LogP contribution < -0.4 is 5.32 Å². The molecule has 0 spiro atoms. The van der Waals surface area contributed by atoms with E-state index in [4.69, 9.17) is 16.3 Å². The van der Waals surface area contributed by atoms with Gasteiger partial charge in [0.2, 0.25) is 0 Å². The zero-order valence-corrected chi connectivity index (χ0v) is 14.8. The molecule has 0 saturated carbocycles. The van der Waals surface area contributed by atoms with Gasteiger partial charge in [0.05, 0.1) is 35.6 Å². The lowest BCUT2D eigenvalue weighted by molar-refractivity contribution is 0.00251. The number of hydrogen-bond acceptors (Lipinski definition) is 4. The van der Waals surface area contributed by atoms with E-state index in [0.29, 0.717) is 17.5 Å². The fourth-order valence-corrected chi connectivity index (χ4v) is 2.74. The Morgan fingerprint density at radius 1 is 1.43 bits per heavy atom. The Morgan fingerprint density at radius 3 is 2.57 bits per heavy atom. The largest absolute Gasteiger partial charge is 0.376 e. The SMILES string of the molecule is CCOC(C(C)C)C(NC)c1c(Cl)cnn1CCN(C)C. The molecule has 0 bridgehead atoms. The third-order valence-corrected chi connectivity index (χ3v) is 3.83. The van der Waals surface area contributed by atoms with Crippen molar-refractivity contribution in [2.45, 2.75) is 39.5 Å². The highest BCUT2D eigenvalue weighted by Crippen LogP contribution is 2.29. The molecule has 1 heterocycles. The molecule has 1 N–H and O–H groups in total. The van der Waals surface area contributed by atoms with Crippen LogP contribution in [0.5, 0.6) is 0 Å². The van der Waals surface area contributed by atoms with Crippen LogP contribution in [0.15, 0.2) is 6.20 Å². The lowest BCUT2D eigenvalue weighted by atomic mass is 9.96. The summed E-state index contributed by atoms with van der Waals surface area (Å²) in [5.41, 5.74) is 1.01. The minimum Gasteiger partial charge on any atom is -0.376 e. The molecule has 0 amide bonds. The zero-order chi connectivity index (χ0) is 16.0. The predicted molar refractivity (Wildman–Crippen MR) is 87.8 cm³/mol. The highest BCUT2D eigenvalue weighted by Gasteiger charge is 2.30. The van der Waals surface area contributed by atoms with Crippen LogP contribution in [0.3, 0.4) is 0 Å². The second kappa shape index (κ2) is 8.73. The van der Waals surface area contributed by atoms with E-state index in [2.05, 4.69) is 43.3 Å². The van der Waals surface area contributed by atoms with Crippen molar-refractivity contribution in [3.8, 4) is 0 Å². The number of likely N-dealkylation sites (N-methyl/N-ethyl adjacent to an activating group) is 2. The average molecular weight is 317 g/mol. The molecule has 0 saturated heterocycles. The van der Waals surface area contributed by atoms with Gasteiger partial charge in [-0.1, -0.05) is 25.4 Å². The first kappa shape index (κ1) is 18.4. The van der Waals surface area contributed by atoms with Crippen molar-refractivity contribution in [3.05, 3.63) is 16.9 Å². The molecule has 21 heavy (non-hydrogen) atoms. The van der Waals surface area contributed by atoms with Crippen LogP contribution >= 0.6 is 11.6 Å². The monoisotopic (exact) mass is 316 g/mol. The number of rotatable bonds is 9. The molecule has 0 aliphatic heterocycles. The van der Waals surface area contributed by atoms with Crippen molar-refractivity contribution in [1.82, 2.24) is 20.0 Å². The molecule has 0 aliphatic rings. The topological polar surface area (TPSA) is 42.3 Å².